The van der Waals surface area contributed by atoms with Gasteiger partial charge in [-0.3, -0.25) is 0 Å². The molecule has 248 valence electrons. The highest BCUT2D eigenvalue weighted by Gasteiger charge is 2.23. The highest BCUT2D eigenvalue weighted by Crippen LogP contribution is 2.49. The molecule has 0 N–H and O–H groups in total. The molecule has 0 aliphatic carbocycles. The molecule has 0 aliphatic heterocycles. The molecular formula is C50H31NOS. The molecule has 0 radical (unpaired) electrons. The third-order valence-corrected chi connectivity index (χ3v) is 11.8. The average Bonchev–Trinajstić information content (AvgIpc) is 3.81. The molecule has 0 fully saturated rings. The van der Waals surface area contributed by atoms with Gasteiger partial charge in [0.15, 0.2) is 0 Å². The van der Waals surface area contributed by atoms with E-state index in [0.717, 1.165) is 55.5 Å². The van der Waals surface area contributed by atoms with Gasteiger partial charge in [0.25, 0.3) is 0 Å². The minimum atomic E-state index is 0.890. The summed E-state index contributed by atoms with van der Waals surface area (Å²) >= 11 is 1.85. The van der Waals surface area contributed by atoms with E-state index in [9.17, 15) is 0 Å². The lowest BCUT2D eigenvalue weighted by atomic mass is 9.95. The second-order valence-corrected chi connectivity index (χ2v) is 14.7. The summed E-state index contributed by atoms with van der Waals surface area (Å²) in [4.78, 5) is 2.46. The van der Waals surface area contributed by atoms with E-state index in [1.165, 1.54) is 47.5 Å². The lowest BCUT2D eigenvalue weighted by molar-refractivity contribution is 0.673. The zero-order valence-corrected chi connectivity index (χ0v) is 29.5. The molecular weight excluding hydrogens is 663 g/mol. The van der Waals surface area contributed by atoms with Crippen LogP contribution in [-0.4, -0.2) is 0 Å². The summed E-state index contributed by atoms with van der Waals surface area (Å²) in [7, 11) is 0. The predicted octanol–water partition coefficient (Wildman–Crippen LogP) is 15.1. The number of para-hydroxylation sites is 1. The summed E-state index contributed by atoms with van der Waals surface area (Å²) in [5.41, 5.74) is 9.86. The Morgan fingerprint density at radius 3 is 1.96 bits per heavy atom. The topological polar surface area (TPSA) is 16.4 Å². The van der Waals surface area contributed by atoms with Crippen LogP contribution < -0.4 is 4.90 Å². The van der Waals surface area contributed by atoms with Gasteiger partial charge in [-0.1, -0.05) is 133 Å². The van der Waals surface area contributed by atoms with E-state index in [4.69, 9.17) is 4.42 Å². The highest BCUT2D eigenvalue weighted by molar-refractivity contribution is 7.26. The van der Waals surface area contributed by atoms with Crippen molar-refractivity contribution in [3.63, 3.8) is 0 Å². The Bertz CT molecular complexity index is 3190. The second-order valence-electron chi connectivity index (χ2n) is 13.7. The zero-order chi connectivity index (χ0) is 34.9. The fraction of sp³-hybridized carbons (Fsp3) is 0. The standard InChI is InChI=1S/C50H31NOS/c1-2-13-35-31-36(24-23-32(35)11-1)33-25-28-37(29-26-33)51(44-19-10-22-47-49(44)41-16-6-8-21-46(41)53-47)43-18-7-5-15-39(43)40-17-9-20-45-48(40)42-30-27-34-12-3-4-14-38(34)50(42)52-45/h1-31H. The Balaban J connectivity index is 1.15. The van der Waals surface area contributed by atoms with Gasteiger partial charge in [-0.2, -0.15) is 0 Å². The highest BCUT2D eigenvalue weighted by atomic mass is 32.1. The average molecular weight is 694 g/mol. The Hall–Kier alpha value is -6.68. The minimum Gasteiger partial charge on any atom is -0.455 e. The van der Waals surface area contributed by atoms with Gasteiger partial charge in [0, 0.05) is 47.6 Å². The van der Waals surface area contributed by atoms with Crippen molar-refractivity contribution in [2.45, 2.75) is 0 Å². The Morgan fingerprint density at radius 1 is 0.396 bits per heavy atom. The molecule has 0 amide bonds. The van der Waals surface area contributed by atoms with Crippen LogP contribution in [0.2, 0.25) is 0 Å². The van der Waals surface area contributed by atoms with E-state index in [1.807, 2.05) is 11.3 Å². The molecule has 9 aromatic carbocycles. The Morgan fingerprint density at radius 2 is 1.06 bits per heavy atom. The summed E-state index contributed by atoms with van der Waals surface area (Å²) in [6, 6.07) is 68.0. The number of fused-ring (bicyclic) bond motifs is 9. The largest absolute Gasteiger partial charge is 0.455 e. The Labute approximate surface area is 310 Å². The van der Waals surface area contributed by atoms with Crippen molar-refractivity contribution < 1.29 is 4.42 Å². The first kappa shape index (κ1) is 30.0. The molecule has 0 saturated carbocycles. The molecule has 11 rings (SSSR count). The summed E-state index contributed by atoms with van der Waals surface area (Å²) in [6.45, 7) is 0. The van der Waals surface area contributed by atoms with Crippen molar-refractivity contribution in [2.24, 2.45) is 0 Å². The van der Waals surface area contributed by atoms with Crippen molar-refractivity contribution in [1.29, 1.82) is 0 Å². The number of hydrogen-bond donors (Lipinski definition) is 0. The van der Waals surface area contributed by atoms with Crippen molar-refractivity contribution in [3.8, 4) is 22.3 Å². The molecule has 0 spiro atoms. The van der Waals surface area contributed by atoms with Gasteiger partial charge in [-0.05, 0) is 87.4 Å². The van der Waals surface area contributed by atoms with Crippen LogP contribution in [0, 0.1) is 0 Å². The lowest BCUT2D eigenvalue weighted by Gasteiger charge is -2.29. The fourth-order valence-electron chi connectivity index (χ4n) is 8.20. The first-order chi connectivity index (χ1) is 26.3. The number of nitrogens with zero attached hydrogens (tertiary/aromatic N) is 1. The van der Waals surface area contributed by atoms with Gasteiger partial charge in [0.2, 0.25) is 0 Å². The van der Waals surface area contributed by atoms with E-state index in [2.05, 4.69) is 193 Å². The summed E-state index contributed by atoms with van der Waals surface area (Å²) in [6.07, 6.45) is 0. The summed E-state index contributed by atoms with van der Waals surface area (Å²) in [5, 5.41) is 9.59. The number of benzene rings is 9. The lowest BCUT2D eigenvalue weighted by Crippen LogP contribution is -2.11. The van der Waals surface area contributed by atoms with E-state index >= 15 is 0 Å². The van der Waals surface area contributed by atoms with Crippen LogP contribution in [0.3, 0.4) is 0 Å². The molecule has 3 heteroatoms. The van der Waals surface area contributed by atoms with Gasteiger partial charge >= 0.3 is 0 Å². The quantitative estimate of drug-likeness (QED) is 0.178. The monoisotopic (exact) mass is 693 g/mol. The number of hydrogen-bond acceptors (Lipinski definition) is 3. The van der Waals surface area contributed by atoms with E-state index in [-0.39, 0.29) is 0 Å². The molecule has 2 nitrogen and oxygen atoms in total. The van der Waals surface area contributed by atoms with Crippen LogP contribution in [0.15, 0.2) is 192 Å². The fourth-order valence-corrected chi connectivity index (χ4v) is 9.32. The van der Waals surface area contributed by atoms with Gasteiger partial charge < -0.3 is 9.32 Å². The molecule has 0 saturated heterocycles. The Kier molecular flexibility index (Phi) is 6.76. The van der Waals surface area contributed by atoms with Crippen LogP contribution in [0.25, 0.3) is 85.9 Å². The van der Waals surface area contributed by atoms with Gasteiger partial charge in [-0.15, -0.1) is 11.3 Å². The maximum absolute atomic E-state index is 6.66. The molecule has 0 unspecified atom stereocenters. The normalized spacial score (nSPS) is 11.8. The van der Waals surface area contributed by atoms with Gasteiger partial charge in [0.05, 0.1) is 11.4 Å². The SMILES string of the molecule is c1ccc(N(c2ccc(-c3ccc4ccccc4c3)cc2)c2cccc3sc4ccccc4c23)c(-c2cccc3oc4c5ccccc5ccc4c23)c1. The van der Waals surface area contributed by atoms with Crippen molar-refractivity contribution >= 4 is 92.1 Å². The van der Waals surface area contributed by atoms with Crippen molar-refractivity contribution in [1.82, 2.24) is 0 Å². The molecule has 53 heavy (non-hydrogen) atoms. The third kappa shape index (κ3) is 4.78. The van der Waals surface area contributed by atoms with E-state index in [1.54, 1.807) is 0 Å². The van der Waals surface area contributed by atoms with E-state index < -0.39 is 0 Å². The van der Waals surface area contributed by atoms with Crippen molar-refractivity contribution in [3.05, 3.63) is 188 Å². The van der Waals surface area contributed by atoms with Gasteiger partial charge in [-0.25, -0.2) is 0 Å². The maximum atomic E-state index is 6.66. The van der Waals surface area contributed by atoms with E-state index in [0.29, 0.717) is 0 Å². The first-order valence-electron chi connectivity index (χ1n) is 18.0. The zero-order valence-electron chi connectivity index (χ0n) is 28.7. The van der Waals surface area contributed by atoms with Crippen LogP contribution >= 0.6 is 11.3 Å². The molecule has 11 aromatic rings. The predicted molar refractivity (Wildman–Crippen MR) is 227 cm³/mol. The number of thiophene rings is 1. The first-order valence-corrected chi connectivity index (χ1v) is 18.8. The summed E-state index contributed by atoms with van der Waals surface area (Å²) < 4.78 is 9.22. The van der Waals surface area contributed by atoms with Crippen molar-refractivity contribution in [2.75, 3.05) is 4.90 Å². The minimum absolute atomic E-state index is 0.890. The molecule has 2 aromatic heterocycles. The van der Waals surface area contributed by atoms with Crippen LogP contribution in [0.5, 0.6) is 0 Å². The van der Waals surface area contributed by atoms with Crippen LogP contribution in [-0.2, 0) is 0 Å². The third-order valence-electron chi connectivity index (χ3n) is 10.7. The summed E-state index contributed by atoms with van der Waals surface area (Å²) in [5.74, 6) is 0. The second kappa shape index (κ2) is 11.9. The molecule has 0 atom stereocenters. The number of anilines is 3. The van der Waals surface area contributed by atoms with Crippen LogP contribution in [0.4, 0.5) is 17.1 Å². The maximum Gasteiger partial charge on any atom is 0.143 e. The van der Waals surface area contributed by atoms with Gasteiger partial charge in [0.1, 0.15) is 11.2 Å². The number of furan rings is 1. The molecule has 0 bridgehead atoms. The van der Waals surface area contributed by atoms with Crippen LogP contribution in [0.1, 0.15) is 0 Å². The molecule has 2 heterocycles. The molecule has 0 aliphatic rings. The number of rotatable bonds is 5. The smallest absolute Gasteiger partial charge is 0.143 e.